The molecule has 0 aliphatic heterocycles. The lowest BCUT2D eigenvalue weighted by Crippen LogP contribution is -2.29. The van der Waals surface area contributed by atoms with Gasteiger partial charge in [-0.1, -0.05) is 0 Å². The Kier molecular flexibility index (Phi) is 4.76. The number of pyridine rings is 1. The lowest BCUT2D eigenvalue weighted by atomic mass is 10.2. The number of carbonyl (C=O) groups excluding carboxylic acids is 1. The molecule has 0 aromatic carbocycles. The van der Waals surface area contributed by atoms with Gasteiger partial charge in [0.05, 0.1) is 16.6 Å². The average Bonchev–Trinajstić information content (AvgIpc) is 2.75. The van der Waals surface area contributed by atoms with Crippen molar-refractivity contribution in [2.24, 2.45) is 0 Å². The Labute approximate surface area is 126 Å². The van der Waals surface area contributed by atoms with Crippen LogP contribution in [0.15, 0.2) is 18.5 Å². The van der Waals surface area contributed by atoms with Gasteiger partial charge in [-0.05, 0) is 12.5 Å². The van der Waals surface area contributed by atoms with Crippen molar-refractivity contribution in [3.8, 4) is 0 Å². The number of anilines is 1. The molecule has 1 amide bonds. The predicted octanol–water partition coefficient (Wildman–Crippen LogP) is 0.548. The molecule has 0 spiro atoms. The second-order valence-corrected chi connectivity index (χ2v) is 7.38. The third-order valence-electron chi connectivity index (χ3n) is 2.74. The summed E-state index contributed by atoms with van der Waals surface area (Å²) in [6.45, 7) is 0.651. The van der Waals surface area contributed by atoms with Gasteiger partial charge in [0, 0.05) is 30.9 Å². The molecule has 21 heavy (non-hydrogen) atoms. The topological polar surface area (TPSA) is 114 Å². The van der Waals surface area contributed by atoms with Gasteiger partial charge in [0.15, 0.2) is 0 Å². The van der Waals surface area contributed by atoms with Gasteiger partial charge in [0.2, 0.25) is 10.0 Å². The number of nitrogens with one attached hydrogen (secondary N) is 2. The highest BCUT2D eigenvalue weighted by molar-refractivity contribution is 7.88. The summed E-state index contributed by atoms with van der Waals surface area (Å²) in [6.07, 6.45) is 4.90. The van der Waals surface area contributed by atoms with Crippen molar-refractivity contribution in [2.75, 3.05) is 25.1 Å². The number of nitrogens with zero attached hydrogens (tertiary/aromatic N) is 1. The minimum atomic E-state index is -3.19. The number of nitrogens with two attached hydrogens (primary N) is 1. The monoisotopic (exact) mass is 328 g/mol. The van der Waals surface area contributed by atoms with E-state index in [2.05, 4.69) is 15.0 Å². The Morgan fingerprint density at radius 2 is 2.19 bits per heavy atom. The van der Waals surface area contributed by atoms with E-state index in [0.717, 1.165) is 16.3 Å². The molecule has 9 heteroatoms. The molecular formula is C12H16N4O3S2. The Morgan fingerprint density at radius 1 is 1.43 bits per heavy atom. The molecule has 0 aliphatic rings. The van der Waals surface area contributed by atoms with Crippen molar-refractivity contribution >= 4 is 43.0 Å². The summed E-state index contributed by atoms with van der Waals surface area (Å²) in [7, 11) is -3.19. The average molecular weight is 328 g/mol. The molecular weight excluding hydrogens is 312 g/mol. The van der Waals surface area contributed by atoms with E-state index in [0.29, 0.717) is 23.5 Å². The number of thiophene rings is 1. The van der Waals surface area contributed by atoms with Crippen LogP contribution in [0.1, 0.15) is 16.1 Å². The van der Waals surface area contributed by atoms with E-state index in [-0.39, 0.29) is 12.5 Å². The Morgan fingerprint density at radius 3 is 2.86 bits per heavy atom. The predicted molar refractivity (Wildman–Crippen MR) is 83.8 cm³/mol. The largest absolute Gasteiger partial charge is 0.397 e. The maximum atomic E-state index is 12.1. The van der Waals surface area contributed by atoms with Gasteiger partial charge in [-0.25, -0.2) is 13.1 Å². The summed E-state index contributed by atoms with van der Waals surface area (Å²) in [5.41, 5.74) is 6.41. The SMILES string of the molecule is CS(=O)(=O)NCCCNC(=O)c1sc2cnccc2c1N. The van der Waals surface area contributed by atoms with Crippen LogP contribution in [0, 0.1) is 0 Å². The maximum Gasteiger partial charge on any atom is 0.263 e. The molecule has 0 unspecified atom stereocenters. The van der Waals surface area contributed by atoms with E-state index in [1.54, 1.807) is 18.5 Å². The van der Waals surface area contributed by atoms with Crippen LogP contribution in [0.2, 0.25) is 0 Å². The van der Waals surface area contributed by atoms with Gasteiger partial charge >= 0.3 is 0 Å². The van der Waals surface area contributed by atoms with Crippen LogP contribution in [0.4, 0.5) is 5.69 Å². The van der Waals surface area contributed by atoms with Gasteiger partial charge in [0.1, 0.15) is 4.88 Å². The van der Waals surface area contributed by atoms with Crippen molar-refractivity contribution in [1.82, 2.24) is 15.0 Å². The fraction of sp³-hybridized carbons (Fsp3) is 0.333. The van der Waals surface area contributed by atoms with Crippen LogP contribution < -0.4 is 15.8 Å². The molecule has 2 aromatic heterocycles. The zero-order chi connectivity index (χ0) is 15.5. The lowest BCUT2D eigenvalue weighted by Gasteiger charge is -2.05. The molecule has 2 rings (SSSR count). The van der Waals surface area contributed by atoms with Gasteiger partial charge < -0.3 is 11.1 Å². The zero-order valence-electron chi connectivity index (χ0n) is 11.4. The quantitative estimate of drug-likeness (QED) is 0.670. The lowest BCUT2D eigenvalue weighted by molar-refractivity contribution is 0.0958. The van der Waals surface area contributed by atoms with E-state index >= 15 is 0 Å². The number of carbonyl (C=O) groups is 1. The van der Waals surface area contributed by atoms with E-state index < -0.39 is 10.0 Å². The number of fused-ring (bicyclic) bond motifs is 1. The summed E-state index contributed by atoms with van der Waals surface area (Å²) < 4.78 is 25.0. The zero-order valence-corrected chi connectivity index (χ0v) is 13.1. The van der Waals surface area contributed by atoms with Crippen molar-refractivity contribution in [2.45, 2.75) is 6.42 Å². The molecule has 0 atom stereocenters. The molecule has 7 nitrogen and oxygen atoms in total. The minimum Gasteiger partial charge on any atom is -0.397 e. The summed E-state index contributed by atoms with van der Waals surface area (Å²) in [5, 5.41) is 3.54. The van der Waals surface area contributed by atoms with E-state index in [9.17, 15) is 13.2 Å². The molecule has 2 aromatic rings. The molecule has 0 bridgehead atoms. The summed E-state index contributed by atoms with van der Waals surface area (Å²) in [4.78, 5) is 16.5. The highest BCUT2D eigenvalue weighted by Crippen LogP contribution is 2.32. The Bertz CT molecular complexity index is 755. The van der Waals surface area contributed by atoms with Crippen LogP contribution in [-0.2, 0) is 10.0 Å². The van der Waals surface area contributed by atoms with Crippen LogP contribution in [0.25, 0.3) is 10.1 Å². The molecule has 114 valence electrons. The smallest absolute Gasteiger partial charge is 0.263 e. The third-order valence-corrected chi connectivity index (χ3v) is 4.62. The summed E-state index contributed by atoms with van der Waals surface area (Å²) in [6, 6.07) is 1.77. The van der Waals surface area contributed by atoms with E-state index in [1.165, 1.54) is 11.3 Å². The van der Waals surface area contributed by atoms with Crippen LogP contribution in [-0.4, -0.2) is 38.7 Å². The summed E-state index contributed by atoms with van der Waals surface area (Å²) >= 11 is 1.29. The first-order valence-electron chi connectivity index (χ1n) is 6.23. The first kappa shape index (κ1) is 15.7. The number of rotatable bonds is 6. The second kappa shape index (κ2) is 6.37. The summed E-state index contributed by atoms with van der Waals surface area (Å²) in [5.74, 6) is -0.256. The number of sulfonamides is 1. The Balaban J connectivity index is 1.92. The first-order chi connectivity index (χ1) is 9.88. The van der Waals surface area contributed by atoms with Crippen LogP contribution in [0.5, 0.6) is 0 Å². The van der Waals surface area contributed by atoms with Gasteiger partial charge in [-0.3, -0.25) is 9.78 Å². The van der Waals surface area contributed by atoms with E-state index in [1.807, 2.05) is 0 Å². The Hall–Kier alpha value is -1.71. The van der Waals surface area contributed by atoms with E-state index in [4.69, 9.17) is 5.73 Å². The standard InChI is InChI=1S/C12H16N4O3S2/c1-21(18,19)16-5-2-4-15-12(17)11-10(13)8-3-6-14-7-9(8)20-11/h3,6-7,16H,2,4-5,13H2,1H3,(H,15,17). The van der Waals surface area contributed by atoms with Crippen LogP contribution >= 0.6 is 11.3 Å². The molecule has 0 aliphatic carbocycles. The van der Waals surface area contributed by atoms with Gasteiger partial charge in [0.25, 0.3) is 5.91 Å². The number of aromatic nitrogens is 1. The van der Waals surface area contributed by atoms with Crippen LogP contribution in [0.3, 0.4) is 0 Å². The maximum absolute atomic E-state index is 12.1. The molecule has 0 radical (unpaired) electrons. The number of amides is 1. The highest BCUT2D eigenvalue weighted by Gasteiger charge is 2.15. The van der Waals surface area contributed by atoms with Crippen molar-refractivity contribution in [3.63, 3.8) is 0 Å². The molecule has 0 saturated carbocycles. The minimum absolute atomic E-state index is 0.256. The fourth-order valence-corrected chi connectivity index (χ4v) is 3.29. The fourth-order valence-electron chi connectivity index (χ4n) is 1.77. The molecule has 0 fully saturated rings. The number of hydrogen-bond acceptors (Lipinski definition) is 6. The van der Waals surface area contributed by atoms with Gasteiger partial charge in [-0.15, -0.1) is 11.3 Å². The number of nitrogen functional groups attached to an aromatic ring is 1. The van der Waals surface area contributed by atoms with Crippen molar-refractivity contribution in [3.05, 3.63) is 23.3 Å². The van der Waals surface area contributed by atoms with Crippen molar-refractivity contribution < 1.29 is 13.2 Å². The molecule has 0 saturated heterocycles. The van der Waals surface area contributed by atoms with Gasteiger partial charge in [-0.2, -0.15) is 0 Å². The highest BCUT2D eigenvalue weighted by atomic mass is 32.2. The molecule has 4 N–H and O–H groups in total. The van der Waals surface area contributed by atoms with Crippen molar-refractivity contribution in [1.29, 1.82) is 0 Å². The normalized spacial score (nSPS) is 11.7. The third kappa shape index (κ3) is 4.13. The molecule has 2 heterocycles. The first-order valence-corrected chi connectivity index (χ1v) is 8.94. The second-order valence-electron chi connectivity index (χ2n) is 4.49. The number of hydrogen-bond donors (Lipinski definition) is 3.